The van der Waals surface area contributed by atoms with Crippen molar-refractivity contribution in [1.82, 2.24) is 4.90 Å². The molecule has 1 fully saturated rings. The minimum atomic E-state index is -1.01. The monoisotopic (exact) mass is 259 g/mol. The van der Waals surface area contributed by atoms with Crippen molar-refractivity contribution < 1.29 is 24.2 Å². The van der Waals surface area contributed by atoms with Crippen LogP contribution in [0.2, 0.25) is 0 Å². The van der Waals surface area contributed by atoms with Crippen molar-refractivity contribution in [2.45, 2.75) is 38.8 Å². The summed E-state index contributed by atoms with van der Waals surface area (Å²) in [6.07, 6.45) is 1.08. The van der Waals surface area contributed by atoms with Crippen LogP contribution in [0, 0.1) is 0 Å². The zero-order chi connectivity index (χ0) is 13.5. The number of nitrogens with zero attached hydrogens (tertiary/aromatic N) is 1. The standard InChI is InChI=1S/C12H21NO5/c1-9(2)18-6-3-4-11(14)13-5-7-17-8-10(13)12(15)16/h9-10H,3-8H2,1-2H3,(H,15,16)/t10-/m1/s1. The van der Waals surface area contributed by atoms with Crippen LogP contribution < -0.4 is 0 Å². The number of aliphatic carboxylic acids is 1. The second-order valence-corrected chi connectivity index (χ2v) is 4.54. The third-order valence-corrected chi connectivity index (χ3v) is 2.72. The van der Waals surface area contributed by atoms with E-state index < -0.39 is 12.0 Å². The van der Waals surface area contributed by atoms with Gasteiger partial charge in [-0.1, -0.05) is 0 Å². The predicted octanol–water partition coefficient (Wildman–Crippen LogP) is 0.504. The molecule has 6 heteroatoms. The second kappa shape index (κ2) is 7.33. The molecule has 0 saturated carbocycles. The Morgan fingerprint density at radius 1 is 1.50 bits per heavy atom. The lowest BCUT2D eigenvalue weighted by Gasteiger charge is -2.32. The highest BCUT2D eigenvalue weighted by Crippen LogP contribution is 2.10. The molecule has 104 valence electrons. The first-order chi connectivity index (χ1) is 8.52. The van der Waals surface area contributed by atoms with Gasteiger partial charge in [0, 0.05) is 19.6 Å². The van der Waals surface area contributed by atoms with Gasteiger partial charge in [0.15, 0.2) is 6.04 Å². The van der Waals surface area contributed by atoms with E-state index in [0.29, 0.717) is 32.6 Å². The summed E-state index contributed by atoms with van der Waals surface area (Å²) in [6.45, 7) is 5.21. The van der Waals surface area contributed by atoms with Gasteiger partial charge in [-0.3, -0.25) is 4.79 Å². The number of rotatable bonds is 6. The third kappa shape index (κ3) is 4.62. The van der Waals surface area contributed by atoms with Crippen molar-refractivity contribution in [2.75, 3.05) is 26.4 Å². The van der Waals surface area contributed by atoms with Gasteiger partial charge in [0.2, 0.25) is 5.91 Å². The summed E-state index contributed by atoms with van der Waals surface area (Å²) in [5, 5.41) is 9.00. The maximum absolute atomic E-state index is 11.9. The highest BCUT2D eigenvalue weighted by Gasteiger charge is 2.32. The van der Waals surface area contributed by atoms with E-state index in [0.717, 1.165) is 0 Å². The summed E-state index contributed by atoms with van der Waals surface area (Å²) in [5.41, 5.74) is 0. The molecule has 1 aliphatic rings. The molecule has 1 saturated heterocycles. The lowest BCUT2D eigenvalue weighted by molar-refractivity contribution is -0.158. The van der Waals surface area contributed by atoms with Crippen molar-refractivity contribution in [3.63, 3.8) is 0 Å². The van der Waals surface area contributed by atoms with E-state index in [-0.39, 0.29) is 18.6 Å². The van der Waals surface area contributed by atoms with E-state index in [1.165, 1.54) is 4.90 Å². The number of hydrogen-bond donors (Lipinski definition) is 1. The Morgan fingerprint density at radius 3 is 2.83 bits per heavy atom. The molecule has 0 aromatic rings. The third-order valence-electron chi connectivity index (χ3n) is 2.72. The van der Waals surface area contributed by atoms with Crippen LogP contribution >= 0.6 is 0 Å². The number of hydrogen-bond acceptors (Lipinski definition) is 4. The lowest BCUT2D eigenvalue weighted by atomic mass is 10.2. The van der Waals surface area contributed by atoms with Crippen molar-refractivity contribution in [3.8, 4) is 0 Å². The van der Waals surface area contributed by atoms with Crippen LogP contribution in [-0.4, -0.2) is 60.4 Å². The molecule has 1 amide bonds. The van der Waals surface area contributed by atoms with Gasteiger partial charge in [0.1, 0.15) is 0 Å². The van der Waals surface area contributed by atoms with Crippen LogP contribution in [0.5, 0.6) is 0 Å². The molecule has 0 unspecified atom stereocenters. The van der Waals surface area contributed by atoms with Crippen LogP contribution in [0.25, 0.3) is 0 Å². The van der Waals surface area contributed by atoms with E-state index in [1.807, 2.05) is 13.8 Å². The number of morpholine rings is 1. The Balaban J connectivity index is 2.36. The molecule has 1 N–H and O–H groups in total. The number of carboxylic acids is 1. The molecule has 1 rings (SSSR count). The molecule has 0 radical (unpaired) electrons. The maximum atomic E-state index is 11.9. The molecule has 0 aliphatic carbocycles. The quantitative estimate of drug-likeness (QED) is 0.703. The summed E-state index contributed by atoms with van der Waals surface area (Å²) in [7, 11) is 0. The molecular formula is C12H21NO5. The average Bonchev–Trinajstić information content (AvgIpc) is 2.34. The molecule has 1 atom stereocenters. The molecule has 0 bridgehead atoms. The van der Waals surface area contributed by atoms with Crippen molar-refractivity contribution in [3.05, 3.63) is 0 Å². The molecule has 0 spiro atoms. The molecule has 1 heterocycles. The van der Waals surface area contributed by atoms with Gasteiger partial charge in [0.05, 0.1) is 19.3 Å². The maximum Gasteiger partial charge on any atom is 0.328 e. The number of ether oxygens (including phenoxy) is 2. The fourth-order valence-electron chi connectivity index (χ4n) is 1.79. The average molecular weight is 259 g/mol. The van der Waals surface area contributed by atoms with Gasteiger partial charge in [-0.2, -0.15) is 0 Å². The van der Waals surface area contributed by atoms with Crippen molar-refractivity contribution in [1.29, 1.82) is 0 Å². The molecule has 6 nitrogen and oxygen atoms in total. The van der Waals surface area contributed by atoms with E-state index >= 15 is 0 Å². The minimum absolute atomic E-state index is 0.0730. The smallest absolute Gasteiger partial charge is 0.328 e. The largest absolute Gasteiger partial charge is 0.480 e. The number of carbonyl (C=O) groups is 2. The van der Waals surface area contributed by atoms with E-state index in [2.05, 4.69) is 0 Å². The molecule has 18 heavy (non-hydrogen) atoms. The van der Waals surface area contributed by atoms with Gasteiger partial charge in [-0.05, 0) is 20.3 Å². The second-order valence-electron chi connectivity index (χ2n) is 4.54. The van der Waals surface area contributed by atoms with Gasteiger partial charge in [-0.15, -0.1) is 0 Å². The Morgan fingerprint density at radius 2 is 2.22 bits per heavy atom. The van der Waals surface area contributed by atoms with E-state index in [9.17, 15) is 9.59 Å². The summed E-state index contributed by atoms with van der Waals surface area (Å²) in [4.78, 5) is 24.3. The molecule has 0 aromatic heterocycles. The van der Waals surface area contributed by atoms with Crippen molar-refractivity contribution in [2.24, 2.45) is 0 Å². The van der Waals surface area contributed by atoms with Gasteiger partial charge in [-0.25, -0.2) is 4.79 Å². The van der Waals surface area contributed by atoms with Crippen LogP contribution in [0.4, 0.5) is 0 Å². The first kappa shape index (κ1) is 14.9. The fourth-order valence-corrected chi connectivity index (χ4v) is 1.79. The SMILES string of the molecule is CC(C)OCCCC(=O)N1CCOC[C@@H]1C(=O)O. The number of carboxylic acid groups (broad SMARTS) is 1. The van der Waals surface area contributed by atoms with Gasteiger partial charge in [0.25, 0.3) is 0 Å². The van der Waals surface area contributed by atoms with E-state index in [1.54, 1.807) is 0 Å². The summed E-state index contributed by atoms with van der Waals surface area (Å²) in [5.74, 6) is -1.15. The predicted molar refractivity (Wildman–Crippen MR) is 64.3 cm³/mol. The first-order valence-corrected chi connectivity index (χ1v) is 6.24. The highest BCUT2D eigenvalue weighted by atomic mass is 16.5. The Kier molecular flexibility index (Phi) is 6.07. The Hall–Kier alpha value is -1.14. The Labute approximate surface area is 107 Å². The fraction of sp³-hybridized carbons (Fsp3) is 0.833. The lowest BCUT2D eigenvalue weighted by Crippen LogP contribution is -2.52. The Bertz CT molecular complexity index is 292. The van der Waals surface area contributed by atoms with Crippen LogP contribution in [0.1, 0.15) is 26.7 Å². The van der Waals surface area contributed by atoms with Crippen molar-refractivity contribution >= 4 is 11.9 Å². The van der Waals surface area contributed by atoms with Crippen LogP contribution in [0.3, 0.4) is 0 Å². The number of amides is 1. The minimum Gasteiger partial charge on any atom is -0.480 e. The topological polar surface area (TPSA) is 76.1 Å². The zero-order valence-electron chi connectivity index (χ0n) is 10.9. The first-order valence-electron chi connectivity index (χ1n) is 6.24. The number of carbonyl (C=O) groups excluding carboxylic acids is 1. The molecular weight excluding hydrogens is 238 g/mol. The summed E-state index contributed by atoms with van der Waals surface area (Å²) >= 11 is 0. The zero-order valence-corrected chi connectivity index (χ0v) is 10.9. The van der Waals surface area contributed by atoms with Gasteiger partial charge >= 0.3 is 5.97 Å². The normalized spacial score (nSPS) is 20.2. The molecule has 1 aliphatic heterocycles. The highest BCUT2D eigenvalue weighted by molar-refractivity contribution is 5.83. The molecule has 0 aromatic carbocycles. The van der Waals surface area contributed by atoms with Crippen LogP contribution in [0.15, 0.2) is 0 Å². The summed E-state index contributed by atoms with van der Waals surface area (Å²) < 4.78 is 10.4. The van der Waals surface area contributed by atoms with E-state index in [4.69, 9.17) is 14.6 Å². The summed E-state index contributed by atoms with van der Waals surface area (Å²) in [6, 6.07) is -0.850. The van der Waals surface area contributed by atoms with Crippen LogP contribution in [-0.2, 0) is 19.1 Å². The van der Waals surface area contributed by atoms with Gasteiger partial charge < -0.3 is 19.5 Å².